The summed E-state index contributed by atoms with van der Waals surface area (Å²) < 4.78 is 5.15. The van der Waals surface area contributed by atoms with Crippen molar-refractivity contribution in [2.75, 3.05) is 6.61 Å². The number of aliphatic hydroxyl groups excluding tert-OH is 2. The largest absolute Gasteiger partial charge is 0.422 e. The van der Waals surface area contributed by atoms with Gasteiger partial charge in [0.25, 0.3) is 0 Å². The second kappa shape index (κ2) is 4.31. The maximum atomic E-state index is 11.7. The number of carbonyl (C=O) groups excluding carboxylic acids is 1. The minimum atomic E-state index is -1.05. The molecule has 0 aromatic heterocycles. The van der Waals surface area contributed by atoms with Crippen LogP contribution in [0.4, 0.5) is 0 Å². The van der Waals surface area contributed by atoms with Gasteiger partial charge in [-0.25, -0.2) is 4.79 Å². The summed E-state index contributed by atoms with van der Waals surface area (Å²) in [6.07, 6.45) is 0.275. The van der Waals surface area contributed by atoms with Crippen molar-refractivity contribution in [1.29, 1.82) is 0 Å². The summed E-state index contributed by atoms with van der Waals surface area (Å²) >= 11 is 0. The highest BCUT2D eigenvalue weighted by molar-refractivity contribution is 6.21. The van der Waals surface area contributed by atoms with Gasteiger partial charge in [-0.2, -0.15) is 0 Å². The smallest absolute Gasteiger partial charge is 0.344 e. The lowest BCUT2D eigenvalue weighted by Gasteiger charge is -2.04. The summed E-state index contributed by atoms with van der Waals surface area (Å²) in [5, 5.41) is 18.2. The Hall–Kier alpha value is -1.65. The molecule has 0 bridgehead atoms. The predicted molar refractivity (Wildman–Crippen MR) is 62.6 cm³/mol. The zero-order valence-electron chi connectivity index (χ0n) is 9.73. The summed E-state index contributed by atoms with van der Waals surface area (Å²) in [6, 6.07) is 3.76. The third-order valence-corrected chi connectivity index (χ3v) is 2.67. The molecule has 1 aliphatic rings. The Balaban J connectivity index is 2.54. The van der Waals surface area contributed by atoms with Crippen LogP contribution in [-0.2, 0) is 4.79 Å². The van der Waals surface area contributed by atoms with E-state index >= 15 is 0 Å². The Morgan fingerprint density at radius 3 is 2.76 bits per heavy atom. The number of aryl methyl sites for hydroxylation is 2. The van der Waals surface area contributed by atoms with Crippen molar-refractivity contribution in [3.8, 4) is 5.75 Å². The lowest BCUT2D eigenvalue weighted by Crippen LogP contribution is -2.11. The molecule has 1 aliphatic heterocycles. The van der Waals surface area contributed by atoms with E-state index in [0.717, 1.165) is 11.1 Å². The SMILES string of the molecule is Cc1cc(C)c2c(c1)/C(=C/C(O)CO)C(=O)O2. The number of benzene rings is 1. The van der Waals surface area contributed by atoms with Crippen molar-refractivity contribution >= 4 is 11.5 Å². The van der Waals surface area contributed by atoms with E-state index in [0.29, 0.717) is 16.9 Å². The standard InChI is InChI=1S/C13H14O4/c1-7-3-8(2)12-10(4-7)11(13(16)17-12)5-9(15)6-14/h3-5,9,14-15H,6H2,1-2H3/b11-5-. The normalized spacial score (nSPS) is 18.1. The van der Waals surface area contributed by atoms with Crippen LogP contribution in [0.1, 0.15) is 16.7 Å². The Kier molecular flexibility index (Phi) is 3.00. The molecule has 0 spiro atoms. The topological polar surface area (TPSA) is 66.8 Å². The van der Waals surface area contributed by atoms with Crippen molar-refractivity contribution in [3.05, 3.63) is 34.9 Å². The third kappa shape index (κ3) is 2.09. The molecule has 0 radical (unpaired) electrons. The first-order valence-corrected chi connectivity index (χ1v) is 5.37. The first kappa shape index (κ1) is 11.8. The van der Waals surface area contributed by atoms with E-state index in [1.54, 1.807) is 0 Å². The van der Waals surface area contributed by atoms with Crippen molar-refractivity contribution in [1.82, 2.24) is 0 Å². The number of esters is 1. The van der Waals surface area contributed by atoms with Gasteiger partial charge in [0.1, 0.15) is 5.75 Å². The van der Waals surface area contributed by atoms with E-state index in [9.17, 15) is 9.90 Å². The minimum Gasteiger partial charge on any atom is -0.422 e. The molecule has 2 N–H and O–H groups in total. The van der Waals surface area contributed by atoms with Crippen LogP contribution in [0.2, 0.25) is 0 Å². The van der Waals surface area contributed by atoms with E-state index in [-0.39, 0.29) is 0 Å². The number of hydrogen-bond donors (Lipinski definition) is 2. The molecule has 1 unspecified atom stereocenters. The van der Waals surface area contributed by atoms with Gasteiger partial charge in [-0.05, 0) is 37.1 Å². The first-order valence-electron chi connectivity index (χ1n) is 5.37. The molecule has 90 valence electrons. The number of aliphatic hydroxyl groups is 2. The Morgan fingerprint density at radius 1 is 1.41 bits per heavy atom. The Labute approximate surface area is 99.2 Å². The van der Waals surface area contributed by atoms with Gasteiger partial charge in [0.05, 0.1) is 18.3 Å². The van der Waals surface area contributed by atoms with Crippen LogP contribution in [0.5, 0.6) is 5.75 Å². The monoisotopic (exact) mass is 234 g/mol. The molecule has 4 nitrogen and oxygen atoms in total. The van der Waals surface area contributed by atoms with Crippen molar-refractivity contribution in [2.45, 2.75) is 20.0 Å². The average molecular weight is 234 g/mol. The fourth-order valence-corrected chi connectivity index (χ4v) is 1.95. The number of rotatable bonds is 2. The van der Waals surface area contributed by atoms with Crippen molar-refractivity contribution < 1.29 is 19.7 Å². The molecule has 2 rings (SSSR count). The molecule has 0 saturated carbocycles. The fourth-order valence-electron chi connectivity index (χ4n) is 1.95. The molecular weight excluding hydrogens is 220 g/mol. The fraction of sp³-hybridized carbons (Fsp3) is 0.308. The highest BCUT2D eigenvalue weighted by atomic mass is 16.5. The van der Waals surface area contributed by atoms with Gasteiger partial charge in [0, 0.05) is 5.56 Å². The molecule has 4 heteroatoms. The van der Waals surface area contributed by atoms with Crippen molar-refractivity contribution in [3.63, 3.8) is 0 Å². The zero-order chi connectivity index (χ0) is 12.6. The van der Waals surface area contributed by atoms with E-state index in [4.69, 9.17) is 9.84 Å². The second-order valence-corrected chi connectivity index (χ2v) is 4.18. The molecular formula is C13H14O4. The van der Waals surface area contributed by atoms with Crippen LogP contribution in [0, 0.1) is 13.8 Å². The van der Waals surface area contributed by atoms with Crippen LogP contribution in [-0.4, -0.2) is 28.9 Å². The third-order valence-electron chi connectivity index (χ3n) is 2.67. The Bertz CT molecular complexity index is 502. The lowest BCUT2D eigenvalue weighted by atomic mass is 10.0. The van der Waals surface area contributed by atoms with E-state index in [1.165, 1.54) is 6.08 Å². The van der Waals surface area contributed by atoms with Gasteiger partial charge in [0.15, 0.2) is 0 Å². The van der Waals surface area contributed by atoms with Gasteiger partial charge in [-0.3, -0.25) is 0 Å². The number of ether oxygens (including phenoxy) is 1. The van der Waals surface area contributed by atoms with Gasteiger partial charge in [-0.1, -0.05) is 6.07 Å². The van der Waals surface area contributed by atoms with Crippen LogP contribution < -0.4 is 4.74 Å². The summed E-state index contributed by atoms with van der Waals surface area (Å²) in [5.41, 5.74) is 2.90. The lowest BCUT2D eigenvalue weighted by molar-refractivity contribution is -0.127. The van der Waals surface area contributed by atoms with Gasteiger partial charge < -0.3 is 14.9 Å². The van der Waals surface area contributed by atoms with Crippen LogP contribution >= 0.6 is 0 Å². The molecule has 1 heterocycles. The number of carbonyl (C=O) groups is 1. The minimum absolute atomic E-state index is 0.313. The average Bonchev–Trinajstić information content (AvgIpc) is 2.57. The quantitative estimate of drug-likeness (QED) is 0.454. The number of fused-ring (bicyclic) bond motifs is 1. The van der Waals surface area contributed by atoms with E-state index in [2.05, 4.69) is 0 Å². The van der Waals surface area contributed by atoms with Gasteiger partial charge in [0.2, 0.25) is 0 Å². The highest BCUT2D eigenvalue weighted by Crippen LogP contribution is 2.37. The molecule has 1 aromatic rings. The van der Waals surface area contributed by atoms with Gasteiger partial charge in [-0.15, -0.1) is 0 Å². The van der Waals surface area contributed by atoms with Crippen LogP contribution in [0.25, 0.3) is 5.57 Å². The number of hydrogen-bond acceptors (Lipinski definition) is 4. The van der Waals surface area contributed by atoms with Crippen LogP contribution in [0.3, 0.4) is 0 Å². The molecule has 1 atom stereocenters. The molecule has 0 fully saturated rings. The summed E-state index contributed by atoms with van der Waals surface area (Å²) in [7, 11) is 0. The van der Waals surface area contributed by atoms with Crippen molar-refractivity contribution in [2.24, 2.45) is 0 Å². The second-order valence-electron chi connectivity index (χ2n) is 4.18. The zero-order valence-corrected chi connectivity index (χ0v) is 9.73. The van der Waals surface area contributed by atoms with Crippen LogP contribution in [0.15, 0.2) is 18.2 Å². The highest BCUT2D eigenvalue weighted by Gasteiger charge is 2.29. The summed E-state index contributed by atoms with van der Waals surface area (Å²) in [4.78, 5) is 11.7. The van der Waals surface area contributed by atoms with E-state index in [1.807, 2.05) is 26.0 Å². The molecule has 0 aliphatic carbocycles. The predicted octanol–water partition coefficient (Wildman–Crippen LogP) is 0.959. The van der Waals surface area contributed by atoms with Gasteiger partial charge >= 0.3 is 5.97 Å². The molecule has 1 aromatic carbocycles. The molecule has 0 amide bonds. The first-order chi connectivity index (χ1) is 8.02. The van der Waals surface area contributed by atoms with E-state index < -0.39 is 18.7 Å². The maximum absolute atomic E-state index is 11.7. The molecule has 0 saturated heterocycles. The summed E-state index contributed by atoms with van der Waals surface area (Å²) in [6.45, 7) is 3.37. The Morgan fingerprint density at radius 2 is 2.12 bits per heavy atom. The summed E-state index contributed by atoms with van der Waals surface area (Å²) in [5.74, 6) is 0.0539. The molecule has 17 heavy (non-hydrogen) atoms. The maximum Gasteiger partial charge on any atom is 0.344 e.